The number of aliphatic hydroxyl groups is 1. The van der Waals surface area contributed by atoms with Crippen molar-refractivity contribution in [1.29, 1.82) is 0 Å². The molecule has 0 radical (unpaired) electrons. The molecule has 2 aromatic carbocycles. The Hall–Kier alpha value is -5.03. The summed E-state index contributed by atoms with van der Waals surface area (Å²) in [5, 5.41) is 9.93. The fourth-order valence-corrected chi connectivity index (χ4v) is 7.51. The van der Waals surface area contributed by atoms with Crippen LogP contribution in [-0.4, -0.2) is 68.6 Å². The van der Waals surface area contributed by atoms with Crippen molar-refractivity contribution in [2.75, 3.05) is 39.6 Å². The van der Waals surface area contributed by atoms with Crippen molar-refractivity contribution in [1.82, 2.24) is 0 Å². The maximum absolute atomic E-state index is 16.3. The summed E-state index contributed by atoms with van der Waals surface area (Å²) in [4.78, 5) is 50.0. The van der Waals surface area contributed by atoms with E-state index in [1.54, 1.807) is 13.0 Å². The van der Waals surface area contributed by atoms with Gasteiger partial charge in [-0.3, -0.25) is 0 Å². The number of aliphatic hydroxyl groups excluding tert-OH is 1. The summed E-state index contributed by atoms with van der Waals surface area (Å²) in [5.41, 5.74) is 2.96. The van der Waals surface area contributed by atoms with Gasteiger partial charge in [-0.2, -0.15) is 0 Å². The lowest BCUT2D eigenvalue weighted by molar-refractivity contribution is -0.158. The Kier molecular flexibility index (Phi) is 21.4. The number of halogens is 1. The van der Waals surface area contributed by atoms with E-state index in [-0.39, 0.29) is 74.2 Å². The molecule has 0 unspecified atom stereocenters. The lowest BCUT2D eigenvalue weighted by Crippen LogP contribution is -2.41. The van der Waals surface area contributed by atoms with E-state index in [4.69, 9.17) is 23.7 Å². The smallest absolute Gasteiger partial charge is 0.333 e. The van der Waals surface area contributed by atoms with Crippen LogP contribution in [0.5, 0.6) is 5.75 Å². The highest BCUT2D eigenvalue weighted by atomic mass is 19.1. The molecule has 1 fully saturated rings. The molecule has 0 amide bonds. The Labute approximate surface area is 368 Å². The monoisotopic (exact) mass is 860 g/mol. The van der Waals surface area contributed by atoms with Crippen LogP contribution in [-0.2, 0) is 51.0 Å². The molecule has 0 bridgehead atoms. The van der Waals surface area contributed by atoms with Crippen molar-refractivity contribution < 1.29 is 52.4 Å². The molecule has 10 nitrogen and oxygen atoms in total. The Morgan fingerprint density at radius 1 is 0.694 bits per heavy atom. The predicted molar refractivity (Wildman–Crippen MR) is 240 cm³/mol. The lowest BCUT2D eigenvalue weighted by Gasteiger charge is -2.32. The minimum Gasteiger partial charge on any atom is -0.493 e. The highest BCUT2D eigenvalue weighted by Gasteiger charge is 2.37. The van der Waals surface area contributed by atoms with Crippen LogP contribution in [0.15, 0.2) is 78.9 Å². The number of unbranched alkanes of at least 4 members (excludes halogenated alkanes) is 2. The van der Waals surface area contributed by atoms with Crippen LogP contribution in [0.4, 0.5) is 4.39 Å². The predicted octanol–water partition coefficient (Wildman–Crippen LogP) is 10.4. The third-order valence-corrected chi connectivity index (χ3v) is 11.3. The lowest BCUT2D eigenvalue weighted by atomic mass is 9.77. The van der Waals surface area contributed by atoms with Crippen molar-refractivity contribution in [3.8, 4) is 16.9 Å². The van der Waals surface area contributed by atoms with E-state index in [1.165, 1.54) is 59.3 Å². The summed E-state index contributed by atoms with van der Waals surface area (Å²) in [5.74, 6) is -1.32. The molecule has 0 aliphatic heterocycles. The van der Waals surface area contributed by atoms with Gasteiger partial charge >= 0.3 is 23.9 Å². The topological polar surface area (TPSA) is 135 Å². The Bertz CT molecular complexity index is 1830. The molecular formula is C51H69FO10. The van der Waals surface area contributed by atoms with Crippen LogP contribution in [0.1, 0.15) is 128 Å². The SMILES string of the molecule is C=C(C)C(=O)OCCCc1cc(-c2ccc(C3CCC(CCCCC)CC3)cc2F)cc(CCCO)c1OCCC(COC(=O)C(=C)C)(COC(=O)C(=C)C)COC(=O)C(=C)C. The molecular weight excluding hydrogens is 792 g/mol. The normalized spacial score (nSPS) is 15.0. The van der Waals surface area contributed by atoms with Crippen LogP contribution in [0.25, 0.3) is 11.1 Å². The van der Waals surface area contributed by atoms with E-state index in [0.717, 1.165) is 29.9 Å². The van der Waals surface area contributed by atoms with Gasteiger partial charge in [0.2, 0.25) is 0 Å². The van der Waals surface area contributed by atoms with Gasteiger partial charge in [-0.1, -0.05) is 71.1 Å². The number of esters is 4. The van der Waals surface area contributed by atoms with Crippen molar-refractivity contribution >= 4 is 23.9 Å². The summed E-state index contributed by atoms with van der Waals surface area (Å²) in [6.45, 7) is 21.9. The maximum atomic E-state index is 16.3. The number of aryl methyl sites for hydroxylation is 2. The molecule has 0 atom stereocenters. The van der Waals surface area contributed by atoms with E-state index in [2.05, 4.69) is 33.2 Å². The molecule has 1 aliphatic carbocycles. The minimum absolute atomic E-state index is 0.0348. The molecule has 1 aliphatic rings. The molecule has 0 heterocycles. The number of ether oxygens (including phenoxy) is 5. The second-order valence-corrected chi connectivity index (χ2v) is 17.1. The second-order valence-electron chi connectivity index (χ2n) is 17.1. The molecule has 1 N–H and O–H groups in total. The highest BCUT2D eigenvalue weighted by molar-refractivity contribution is 5.88. The molecule has 62 heavy (non-hydrogen) atoms. The van der Waals surface area contributed by atoms with E-state index in [9.17, 15) is 24.3 Å². The molecule has 340 valence electrons. The zero-order valence-electron chi connectivity index (χ0n) is 37.8. The Balaban J connectivity index is 2.02. The molecule has 1 saturated carbocycles. The van der Waals surface area contributed by atoms with Gasteiger partial charge in [-0.15, -0.1) is 0 Å². The van der Waals surface area contributed by atoms with E-state index < -0.39 is 29.3 Å². The van der Waals surface area contributed by atoms with E-state index in [1.807, 2.05) is 24.3 Å². The number of hydrogen-bond acceptors (Lipinski definition) is 10. The highest BCUT2D eigenvalue weighted by Crippen LogP contribution is 2.40. The number of carbonyl (C=O) groups excluding carboxylic acids is 4. The largest absolute Gasteiger partial charge is 0.493 e. The first-order valence-electron chi connectivity index (χ1n) is 22.0. The average Bonchev–Trinajstić information content (AvgIpc) is 3.24. The molecule has 3 rings (SSSR count). The maximum Gasteiger partial charge on any atom is 0.333 e. The number of benzene rings is 2. The van der Waals surface area contributed by atoms with Gasteiger partial charge in [0.15, 0.2) is 0 Å². The quantitative estimate of drug-likeness (QED) is 0.0400. The first-order chi connectivity index (χ1) is 29.5. The number of rotatable bonds is 27. The summed E-state index contributed by atoms with van der Waals surface area (Å²) in [7, 11) is 0. The molecule has 0 aromatic heterocycles. The molecule has 0 spiro atoms. The van der Waals surface area contributed by atoms with Gasteiger partial charge in [0.05, 0.1) is 18.6 Å². The van der Waals surface area contributed by atoms with Gasteiger partial charge in [0.1, 0.15) is 31.4 Å². The van der Waals surface area contributed by atoms with Crippen LogP contribution < -0.4 is 4.74 Å². The standard InChI is InChI=1S/C51H69FO10/c1-10-11-12-15-38-18-20-39(21-19-38)40-22-23-44(45(52)30-40)43-28-41(16-13-25-53)46(42(29-43)17-14-26-59-47(54)34(2)3)58-27-24-51(31-60-48(55)35(4)5,32-61-49(56)36(6)7)33-62-50(57)37(8)9/h22-23,28-30,38-39,53H,2,4,6,8,10-21,24-27,31-33H2,1,3,5,7,9H3. The Morgan fingerprint density at radius 3 is 1.69 bits per heavy atom. The summed E-state index contributed by atoms with van der Waals surface area (Å²) in [6.07, 6.45) is 11.1. The van der Waals surface area contributed by atoms with Gasteiger partial charge < -0.3 is 28.8 Å². The molecule has 0 saturated heterocycles. The first kappa shape index (κ1) is 51.3. The van der Waals surface area contributed by atoms with Gasteiger partial charge in [-0.25, -0.2) is 23.6 Å². The van der Waals surface area contributed by atoms with Crippen LogP contribution in [0.2, 0.25) is 0 Å². The zero-order valence-corrected chi connectivity index (χ0v) is 37.8. The second kappa shape index (κ2) is 25.8. The minimum atomic E-state index is -1.28. The van der Waals surface area contributed by atoms with Gasteiger partial charge in [0.25, 0.3) is 0 Å². The average molecular weight is 861 g/mol. The molecule has 11 heteroatoms. The van der Waals surface area contributed by atoms with Crippen molar-refractivity contribution in [2.45, 2.75) is 124 Å². The fraction of sp³-hybridized carbons (Fsp3) is 0.529. The van der Waals surface area contributed by atoms with Crippen molar-refractivity contribution in [2.24, 2.45) is 11.3 Å². The first-order valence-corrected chi connectivity index (χ1v) is 22.0. The van der Waals surface area contributed by atoms with Crippen LogP contribution in [0.3, 0.4) is 0 Å². The third kappa shape index (κ3) is 16.3. The van der Waals surface area contributed by atoms with Crippen LogP contribution in [0, 0.1) is 17.2 Å². The summed E-state index contributed by atoms with van der Waals surface area (Å²) in [6, 6.07) is 9.31. The molecule has 2 aromatic rings. The van der Waals surface area contributed by atoms with Crippen molar-refractivity contribution in [3.63, 3.8) is 0 Å². The van der Waals surface area contributed by atoms with Crippen LogP contribution >= 0.6 is 0 Å². The van der Waals surface area contributed by atoms with E-state index in [0.29, 0.717) is 54.0 Å². The summed E-state index contributed by atoms with van der Waals surface area (Å²) >= 11 is 0. The van der Waals surface area contributed by atoms with Gasteiger partial charge in [0, 0.05) is 34.5 Å². The number of hydrogen-bond donors (Lipinski definition) is 1. The Morgan fingerprint density at radius 2 is 1.21 bits per heavy atom. The summed E-state index contributed by atoms with van der Waals surface area (Å²) < 4.78 is 45.0. The fourth-order valence-electron chi connectivity index (χ4n) is 7.51. The third-order valence-electron chi connectivity index (χ3n) is 11.3. The van der Waals surface area contributed by atoms with Crippen molar-refractivity contribution in [3.05, 3.63) is 101 Å². The number of carbonyl (C=O) groups is 4. The zero-order chi connectivity index (χ0) is 45.8. The van der Waals surface area contributed by atoms with E-state index >= 15 is 4.39 Å². The van der Waals surface area contributed by atoms with Gasteiger partial charge in [-0.05, 0) is 138 Å².